The maximum Gasteiger partial charge on any atom is 0.332 e. The quantitative estimate of drug-likeness (QED) is 0.469. The molecule has 84 valence electrons. The van der Waals surface area contributed by atoms with Gasteiger partial charge in [-0.3, -0.25) is 0 Å². The first kappa shape index (κ1) is 12.3. The number of nitrogens with one attached hydrogen (secondary N) is 1. The van der Waals surface area contributed by atoms with Crippen molar-refractivity contribution in [3.8, 4) is 6.07 Å². The van der Waals surface area contributed by atoms with E-state index in [2.05, 4.69) is 10.0 Å². The number of carboxylic acid groups (broad SMARTS) is 1. The Bertz CT molecular complexity index is 551. The van der Waals surface area contributed by atoms with E-state index < -0.39 is 5.97 Å². The summed E-state index contributed by atoms with van der Waals surface area (Å²) >= 11 is 0. The summed E-state index contributed by atoms with van der Waals surface area (Å²) in [5, 5.41) is 20.9. The molecule has 1 rings (SSSR count). The normalized spacial score (nSPS) is 10.2. The highest BCUT2D eigenvalue weighted by atomic mass is 16.4. The molecular formula is C11H9N4O2+. The highest BCUT2D eigenvalue weighted by Crippen LogP contribution is 2.21. The topological polar surface area (TPSA) is 111 Å². The molecule has 0 heterocycles. The van der Waals surface area contributed by atoms with Crippen LogP contribution in [0.25, 0.3) is 6.08 Å². The Hall–Kier alpha value is -2.77. The molecule has 6 heteroatoms. The third-order valence-corrected chi connectivity index (χ3v) is 1.97. The fourth-order valence-electron chi connectivity index (χ4n) is 1.22. The van der Waals surface area contributed by atoms with E-state index in [1.54, 1.807) is 30.3 Å². The molecule has 0 aliphatic carbocycles. The van der Waals surface area contributed by atoms with Crippen LogP contribution >= 0.6 is 0 Å². The molecule has 0 bridgehead atoms. The van der Waals surface area contributed by atoms with Gasteiger partial charge in [0.15, 0.2) is 10.8 Å². The first-order valence-corrected chi connectivity index (χ1v) is 4.66. The predicted molar refractivity (Wildman–Crippen MR) is 59.2 cm³/mol. The van der Waals surface area contributed by atoms with E-state index in [0.717, 1.165) is 0 Å². The maximum absolute atomic E-state index is 10.9. The number of hydrogen-bond acceptors (Lipinski definition) is 4. The molecular weight excluding hydrogens is 220 g/mol. The van der Waals surface area contributed by atoms with Crippen molar-refractivity contribution in [1.82, 2.24) is 4.91 Å². The zero-order valence-corrected chi connectivity index (χ0v) is 8.79. The number of benzene rings is 1. The zero-order valence-electron chi connectivity index (χ0n) is 8.79. The molecule has 17 heavy (non-hydrogen) atoms. The highest BCUT2D eigenvalue weighted by molar-refractivity contribution is 5.93. The third-order valence-electron chi connectivity index (χ3n) is 1.97. The van der Waals surface area contributed by atoms with Crippen LogP contribution in [0, 0.1) is 16.9 Å². The average molecular weight is 229 g/mol. The molecule has 0 saturated heterocycles. The van der Waals surface area contributed by atoms with Crippen LogP contribution in [0.15, 0.2) is 35.0 Å². The van der Waals surface area contributed by atoms with E-state index in [4.69, 9.17) is 15.9 Å². The van der Waals surface area contributed by atoms with Crippen LogP contribution in [0.3, 0.4) is 0 Å². The number of rotatable bonds is 4. The first-order valence-electron chi connectivity index (χ1n) is 4.66. The number of nitrogens with zero attached hydrogens (tertiary/aromatic N) is 3. The zero-order chi connectivity index (χ0) is 12.7. The average Bonchev–Trinajstić information content (AvgIpc) is 2.31. The van der Waals surface area contributed by atoms with Gasteiger partial charge in [-0.1, -0.05) is 18.2 Å². The van der Waals surface area contributed by atoms with Crippen molar-refractivity contribution in [1.29, 1.82) is 10.8 Å². The van der Waals surface area contributed by atoms with Crippen LogP contribution in [0.4, 0.5) is 5.69 Å². The van der Waals surface area contributed by atoms with E-state index in [-0.39, 0.29) is 12.0 Å². The minimum atomic E-state index is -1.15. The first-order chi connectivity index (χ1) is 8.19. The lowest BCUT2D eigenvalue weighted by molar-refractivity contribution is -0.132. The van der Waals surface area contributed by atoms with Crippen molar-refractivity contribution in [2.45, 2.75) is 6.42 Å². The number of hydrogen-bond donors (Lipinski definition) is 2. The fourth-order valence-corrected chi connectivity index (χ4v) is 1.22. The number of carbonyl (C=O) groups is 1. The Labute approximate surface area is 97.0 Å². The van der Waals surface area contributed by atoms with Crippen LogP contribution in [-0.2, 0) is 4.79 Å². The van der Waals surface area contributed by atoms with E-state index in [1.807, 2.05) is 0 Å². The fraction of sp³-hybridized carbons (Fsp3) is 0.0909. The van der Waals surface area contributed by atoms with Gasteiger partial charge in [-0.25, -0.2) is 4.79 Å². The minimum absolute atomic E-state index is 0.0277. The van der Waals surface area contributed by atoms with E-state index in [9.17, 15) is 4.79 Å². The number of aliphatic carboxylic acids is 1. The van der Waals surface area contributed by atoms with Crippen LogP contribution in [0.2, 0.25) is 0 Å². The van der Waals surface area contributed by atoms with Crippen molar-refractivity contribution in [3.63, 3.8) is 0 Å². The molecule has 6 nitrogen and oxygen atoms in total. The van der Waals surface area contributed by atoms with Gasteiger partial charge in [0, 0.05) is 5.56 Å². The SMILES string of the molecule is N#CCC(=Cc1ccccc1N=[N+]=N)C(=O)O. The van der Waals surface area contributed by atoms with Crippen molar-refractivity contribution in [3.05, 3.63) is 35.4 Å². The Kier molecular flexibility index (Phi) is 4.31. The van der Waals surface area contributed by atoms with Gasteiger partial charge in [0.1, 0.15) is 5.53 Å². The summed E-state index contributed by atoms with van der Waals surface area (Å²) < 4.78 is 0. The largest absolute Gasteiger partial charge is 0.478 e. The van der Waals surface area contributed by atoms with Gasteiger partial charge < -0.3 is 5.11 Å². The summed E-state index contributed by atoms with van der Waals surface area (Å²) in [6, 6.07) is 8.44. The molecule has 2 N–H and O–H groups in total. The molecule has 0 aliphatic rings. The van der Waals surface area contributed by atoms with Crippen LogP contribution < -0.4 is 4.91 Å². The van der Waals surface area contributed by atoms with Gasteiger partial charge in [0.2, 0.25) is 4.91 Å². The van der Waals surface area contributed by atoms with E-state index >= 15 is 0 Å². The Morgan fingerprint density at radius 1 is 1.59 bits per heavy atom. The minimum Gasteiger partial charge on any atom is -0.478 e. The van der Waals surface area contributed by atoms with Gasteiger partial charge in [-0.15, -0.1) is 0 Å². The van der Waals surface area contributed by atoms with Gasteiger partial charge in [-0.2, -0.15) is 5.26 Å². The third kappa shape index (κ3) is 3.38. The lowest BCUT2D eigenvalue weighted by Gasteiger charge is -1.98. The summed E-state index contributed by atoms with van der Waals surface area (Å²) in [6.45, 7) is 0. The standard InChI is InChI=1S/C11H8N4O2/c12-6-5-9(11(16)17)7-8-3-1-2-4-10(8)14-15-13/h1-4,7,13H,5H2/p+1. The van der Waals surface area contributed by atoms with Gasteiger partial charge in [-0.05, 0) is 12.1 Å². The molecule has 0 saturated carbocycles. The Morgan fingerprint density at radius 3 is 2.88 bits per heavy atom. The van der Waals surface area contributed by atoms with Crippen LogP contribution in [0.5, 0.6) is 0 Å². The smallest absolute Gasteiger partial charge is 0.332 e. The summed E-state index contributed by atoms with van der Waals surface area (Å²) in [6.07, 6.45) is 1.16. The molecule has 0 aromatic heterocycles. The van der Waals surface area contributed by atoms with Gasteiger partial charge in [0.05, 0.1) is 18.1 Å². The molecule has 1 aromatic carbocycles. The molecule has 0 fully saturated rings. The lowest BCUT2D eigenvalue weighted by Crippen LogP contribution is -1.99. The number of carboxylic acids is 1. The molecule has 0 aliphatic heterocycles. The van der Waals surface area contributed by atoms with Gasteiger partial charge >= 0.3 is 5.97 Å². The summed E-state index contributed by atoms with van der Waals surface area (Å²) in [7, 11) is 0. The molecule has 1 aromatic rings. The summed E-state index contributed by atoms with van der Waals surface area (Å²) in [5.74, 6) is -1.15. The van der Waals surface area contributed by atoms with Crippen LogP contribution in [-0.4, -0.2) is 11.1 Å². The van der Waals surface area contributed by atoms with Crippen molar-refractivity contribution in [2.75, 3.05) is 0 Å². The maximum atomic E-state index is 10.9. The molecule has 0 atom stereocenters. The Balaban J connectivity index is 3.24. The second-order valence-electron chi connectivity index (χ2n) is 3.07. The molecule has 0 spiro atoms. The second kappa shape index (κ2) is 5.95. The van der Waals surface area contributed by atoms with E-state index in [1.165, 1.54) is 6.08 Å². The summed E-state index contributed by atoms with van der Waals surface area (Å²) in [4.78, 5) is 13.8. The van der Waals surface area contributed by atoms with Crippen molar-refractivity contribution in [2.24, 2.45) is 5.11 Å². The molecule has 0 amide bonds. The highest BCUT2D eigenvalue weighted by Gasteiger charge is 2.09. The lowest BCUT2D eigenvalue weighted by atomic mass is 10.1. The van der Waals surface area contributed by atoms with Gasteiger partial charge in [0.25, 0.3) is 0 Å². The second-order valence-corrected chi connectivity index (χ2v) is 3.07. The van der Waals surface area contributed by atoms with Crippen LogP contribution in [0.1, 0.15) is 12.0 Å². The summed E-state index contributed by atoms with van der Waals surface area (Å²) in [5.41, 5.74) is 7.52. The number of nitriles is 1. The van der Waals surface area contributed by atoms with Crippen molar-refractivity contribution >= 4 is 17.7 Å². The Morgan fingerprint density at radius 2 is 2.29 bits per heavy atom. The van der Waals surface area contributed by atoms with Crippen molar-refractivity contribution < 1.29 is 9.90 Å². The predicted octanol–water partition coefficient (Wildman–Crippen LogP) is 2.25. The molecule has 0 radical (unpaired) electrons. The molecule has 0 unspecified atom stereocenters. The monoisotopic (exact) mass is 229 g/mol. The van der Waals surface area contributed by atoms with E-state index in [0.29, 0.717) is 11.3 Å².